The highest BCUT2D eigenvalue weighted by molar-refractivity contribution is 7.92. The Balaban J connectivity index is 2.09. The molecule has 0 aliphatic heterocycles. The van der Waals surface area contributed by atoms with Crippen molar-refractivity contribution in [3.8, 4) is 0 Å². The first-order chi connectivity index (χ1) is 14.5. The van der Waals surface area contributed by atoms with Crippen molar-refractivity contribution in [2.75, 3.05) is 10.7 Å². The van der Waals surface area contributed by atoms with Crippen LogP contribution in [0.15, 0.2) is 72.8 Å². The summed E-state index contributed by atoms with van der Waals surface area (Å²) >= 11 is 0. The fraction of sp³-hybridized carbons (Fsp3) is 0.208. The lowest BCUT2D eigenvalue weighted by molar-refractivity contribution is -0.136. The van der Waals surface area contributed by atoms with Gasteiger partial charge in [0.25, 0.3) is 5.91 Å². The molecule has 0 spiro atoms. The van der Waals surface area contributed by atoms with Crippen molar-refractivity contribution in [3.63, 3.8) is 0 Å². The fourth-order valence-electron chi connectivity index (χ4n) is 3.21. The molecule has 0 radical (unpaired) electrons. The molecule has 0 aliphatic rings. The van der Waals surface area contributed by atoms with Crippen LogP contribution in [0.4, 0.5) is 5.69 Å². The van der Waals surface area contributed by atoms with Gasteiger partial charge in [0.05, 0.1) is 11.9 Å². The standard InChI is InChI=1S/C24H26N2O4S/c1-17-5-11-20(12-6-17)24(28,21-13-7-18(2)8-14-21)23(27)25-26(31(4,29)30)22-15-9-19(3)10-16-22/h5-16,28H,1-4H3,(H,25,27). The van der Waals surface area contributed by atoms with Crippen LogP contribution in [0.5, 0.6) is 0 Å². The highest BCUT2D eigenvalue weighted by Crippen LogP contribution is 2.31. The Kier molecular flexibility index (Phi) is 6.20. The van der Waals surface area contributed by atoms with E-state index in [4.69, 9.17) is 0 Å². The van der Waals surface area contributed by atoms with E-state index in [0.717, 1.165) is 27.4 Å². The number of carbonyl (C=O) groups is 1. The molecule has 31 heavy (non-hydrogen) atoms. The van der Waals surface area contributed by atoms with Gasteiger partial charge in [-0.15, -0.1) is 0 Å². The summed E-state index contributed by atoms with van der Waals surface area (Å²) < 4.78 is 25.7. The quantitative estimate of drug-likeness (QED) is 0.578. The van der Waals surface area contributed by atoms with Crippen LogP contribution in [-0.2, 0) is 20.4 Å². The third-order valence-electron chi connectivity index (χ3n) is 5.07. The maximum Gasteiger partial charge on any atom is 0.280 e. The predicted octanol–water partition coefficient (Wildman–Crippen LogP) is 3.35. The highest BCUT2D eigenvalue weighted by atomic mass is 32.2. The van der Waals surface area contributed by atoms with Crippen LogP contribution in [0.1, 0.15) is 27.8 Å². The van der Waals surface area contributed by atoms with Crippen LogP contribution in [0.25, 0.3) is 0 Å². The van der Waals surface area contributed by atoms with E-state index in [-0.39, 0.29) is 5.69 Å². The molecule has 6 nitrogen and oxygen atoms in total. The number of amides is 1. The van der Waals surface area contributed by atoms with E-state index in [1.165, 1.54) is 0 Å². The Hall–Kier alpha value is -3.16. The van der Waals surface area contributed by atoms with Gasteiger partial charge >= 0.3 is 0 Å². The predicted molar refractivity (Wildman–Crippen MR) is 122 cm³/mol. The summed E-state index contributed by atoms with van der Waals surface area (Å²) in [5, 5.41) is 11.7. The van der Waals surface area contributed by atoms with E-state index < -0.39 is 21.5 Å². The minimum Gasteiger partial charge on any atom is -0.372 e. The molecule has 0 bridgehead atoms. The second-order valence-corrected chi connectivity index (χ2v) is 9.58. The van der Waals surface area contributed by atoms with Gasteiger partial charge in [0, 0.05) is 0 Å². The van der Waals surface area contributed by atoms with Gasteiger partial charge in [0.1, 0.15) is 0 Å². The summed E-state index contributed by atoms with van der Waals surface area (Å²) in [7, 11) is -3.87. The largest absolute Gasteiger partial charge is 0.372 e. The Morgan fingerprint density at radius 3 is 1.48 bits per heavy atom. The van der Waals surface area contributed by atoms with Crippen LogP contribution in [0, 0.1) is 20.8 Å². The zero-order valence-corrected chi connectivity index (χ0v) is 18.8. The fourth-order valence-corrected chi connectivity index (χ4v) is 3.96. The molecule has 0 saturated carbocycles. The van der Waals surface area contributed by atoms with Crippen molar-refractivity contribution in [1.29, 1.82) is 0 Å². The molecule has 3 aromatic carbocycles. The summed E-state index contributed by atoms with van der Waals surface area (Å²) in [4.78, 5) is 13.5. The molecule has 2 N–H and O–H groups in total. The van der Waals surface area contributed by atoms with Gasteiger partial charge in [-0.05, 0) is 44.0 Å². The average molecular weight is 439 g/mol. The van der Waals surface area contributed by atoms with Crippen molar-refractivity contribution in [1.82, 2.24) is 5.43 Å². The van der Waals surface area contributed by atoms with Crippen molar-refractivity contribution in [3.05, 3.63) is 101 Å². The molecule has 3 aromatic rings. The third kappa shape index (κ3) is 4.78. The van der Waals surface area contributed by atoms with E-state index in [1.54, 1.807) is 72.8 Å². The van der Waals surface area contributed by atoms with Gasteiger partial charge in [-0.3, -0.25) is 10.2 Å². The summed E-state index contributed by atoms with van der Waals surface area (Å²) in [6.07, 6.45) is 0.990. The Labute approximate surface area is 183 Å². The number of hydrogen-bond donors (Lipinski definition) is 2. The molecular formula is C24H26N2O4S. The number of aliphatic hydroxyl groups is 1. The lowest BCUT2D eigenvalue weighted by atomic mass is 9.85. The van der Waals surface area contributed by atoms with Crippen LogP contribution >= 0.6 is 0 Å². The van der Waals surface area contributed by atoms with Crippen LogP contribution in [0.3, 0.4) is 0 Å². The summed E-state index contributed by atoms with van der Waals surface area (Å²) in [6.45, 7) is 5.68. The molecule has 162 valence electrons. The summed E-state index contributed by atoms with van der Waals surface area (Å²) in [5.41, 5.74) is 4.11. The minimum atomic E-state index is -3.87. The van der Waals surface area contributed by atoms with E-state index in [2.05, 4.69) is 5.43 Å². The molecule has 7 heteroatoms. The third-order valence-corrected chi connectivity index (χ3v) is 6.04. The number of hydrazine groups is 1. The normalized spacial score (nSPS) is 11.8. The number of rotatable bonds is 6. The van der Waals surface area contributed by atoms with Gasteiger partial charge in [-0.25, -0.2) is 8.42 Å². The number of carbonyl (C=O) groups excluding carboxylic acids is 1. The van der Waals surface area contributed by atoms with Gasteiger partial charge < -0.3 is 5.11 Å². The van der Waals surface area contributed by atoms with Crippen molar-refractivity contribution < 1.29 is 18.3 Å². The SMILES string of the molecule is Cc1ccc(N(NC(=O)C(O)(c2ccc(C)cc2)c2ccc(C)cc2)S(C)(=O)=O)cc1. The first-order valence-electron chi connectivity index (χ1n) is 9.76. The highest BCUT2D eigenvalue weighted by Gasteiger charge is 2.41. The number of aryl methyl sites for hydroxylation is 3. The molecule has 0 aliphatic carbocycles. The average Bonchev–Trinajstić information content (AvgIpc) is 2.72. The van der Waals surface area contributed by atoms with Crippen molar-refractivity contribution >= 4 is 21.6 Å². The van der Waals surface area contributed by atoms with Crippen molar-refractivity contribution in [2.24, 2.45) is 0 Å². The second kappa shape index (κ2) is 8.53. The van der Waals surface area contributed by atoms with Gasteiger partial charge in [-0.2, -0.15) is 4.41 Å². The summed E-state index contributed by atoms with van der Waals surface area (Å²) in [6, 6.07) is 20.4. The topological polar surface area (TPSA) is 86.7 Å². The zero-order valence-electron chi connectivity index (χ0n) is 18.0. The molecule has 0 heterocycles. The first-order valence-corrected chi connectivity index (χ1v) is 11.6. The molecular weight excluding hydrogens is 412 g/mol. The number of nitrogens with one attached hydrogen (secondary N) is 1. The van der Waals surface area contributed by atoms with Crippen LogP contribution in [-0.4, -0.2) is 25.7 Å². The Morgan fingerprint density at radius 1 is 0.774 bits per heavy atom. The van der Waals surface area contributed by atoms with Crippen LogP contribution in [0.2, 0.25) is 0 Å². The van der Waals surface area contributed by atoms with Crippen molar-refractivity contribution in [2.45, 2.75) is 26.4 Å². The molecule has 3 rings (SSSR count). The molecule has 0 fully saturated rings. The molecule has 1 amide bonds. The molecule has 0 saturated heterocycles. The Bertz CT molecular complexity index is 1120. The molecule has 0 atom stereocenters. The number of anilines is 1. The van der Waals surface area contributed by atoms with E-state index in [0.29, 0.717) is 11.1 Å². The molecule has 0 aromatic heterocycles. The zero-order chi connectivity index (χ0) is 22.8. The smallest absolute Gasteiger partial charge is 0.280 e. The van der Waals surface area contributed by atoms with Crippen LogP contribution < -0.4 is 9.84 Å². The molecule has 0 unspecified atom stereocenters. The van der Waals surface area contributed by atoms with E-state index >= 15 is 0 Å². The maximum atomic E-state index is 13.5. The lowest BCUT2D eigenvalue weighted by Crippen LogP contribution is -2.54. The number of nitrogens with zero attached hydrogens (tertiary/aromatic N) is 1. The first kappa shape index (κ1) is 22.5. The van der Waals surface area contributed by atoms with Gasteiger partial charge in [-0.1, -0.05) is 77.4 Å². The number of sulfonamides is 1. The van der Waals surface area contributed by atoms with E-state index in [1.807, 2.05) is 20.8 Å². The maximum absolute atomic E-state index is 13.5. The van der Waals surface area contributed by atoms with Gasteiger partial charge in [0.15, 0.2) is 5.60 Å². The van der Waals surface area contributed by atoms with Gasteiger partial charge in [0.2, 0.25) is 10.0 Å². The van der Waals surface area contributed by atoms with E-state index in [9.17, 15) is 18.3 Å². The lowest BCUT2D eigenvalue weighted by Gasteiger charge is -2.32. The Morgan fingerprint density at radius 2 is 1.13 bits per heavy atom. The summed E-state index contributed by atoms with van der Waals surface area (Å²) in [5.74, 6) is -0.883. The monoisotopic (exact) mass is 438 g/mol. The number of benzene rings is 3. The second-order valence-electron chi connectivity index (χ2n) is 7.75. The minimum absolute atomic E-state index is 0.261. The number of hydrogen-bond acceptors (Lipinski definition) is 4.